The van der Waals surface area contributed by atoms with Crippen LogP contribution < -0.4 is 0 Å². The molecule has 1 aromatic rings. The molecule has 0 bridgehead atoms. The summed E-state index contributed by atoms with van der Waals surface area (Å²) >= 11 is 1.40. The van der Waals surface area contributed by atoms with Crippen molar-refractivity contribution in [1.29, 1.82) is 0 Å². The lowest BCUT2D eigenvalue weighted by molar-refractivity contribution is -0.291. The number of alkyl halides is 5. The topological polar surface area (TPSA) is 30.7 Å². The van der Waals surface area contributed by atoms with E-state index in [1.54, 1.807) is 0 Å². The summed E-state index contributed by atoms with van der Waals surface area (Å²) in [5.41, 5.74) is -1.33. The molecule has 3 nitrogen and oxygen atoms in total. The zero-order valence-electron chi connectivity index (χ0n) is 8.73. The van der Waals surface area contributed by atoms with Gasteiger partial charge in [-0.25, -0.2) is 4.68 Å². The van der Waals surface area contributed by atoms with Gasteiger partial charge in [0.2, 0.25) is 0 Å². The van der Waals surface area contributed by atoms with Crippen LogP contribution in [0.5, 0.6) is 0 Å². The maximum atomic E-state index is 13.0. The standard InChI is InChI=1S/C8H9F5IN3/c1-2-3-4-17-6(14)5(15-16-17)7(9,10)8(11,12)13/h2-4H2,1H3. The van der Waals surface area contributed by atoms with E-state index in [1.165, 1.54) is 22.6 Å². The van der Waals surface area contributed by atoms with E-state index >= 15 is 0 Å². The predicted molar refractivity (Wildman–Crippen MR) is 57.6 cm³/mol. The molecule has 1 rings (SSSR count). The second-order valence-electron chi connectivity index (χ2n) is 3.38. The first-order valence-electron chi connectivity index (χ1n) is 4.75. The van der Waals surface area contributed by atoms with Gasteiger partial charge in [0.15, 0.2) is 5.69 Å². The highest BCUT2D eigenvalue weighted by atomic mass is 127. The molecule has 0 fully saturated rings. The van der Waals surface area contributed by atoms with Gasteiger partial charge in [0.05, 0.1) is 0 Å². The second kappa shape index (κ2) is 5.02. The fourth-order valence-corrected chi connectivity index (χ4v) is 1.86. The molecule has 0 aromatic carbocycles. The van der Waals surface area contributed by atoms with Gasteiger partial charge in [-0.2, -0.15) is 22.0 Å². The van der Waals surface area contributed by atoms with E-state index in [0.717, 1.165) is 11.1 Å². The Morgan fingerprint density at radius 3 is 2.29 bits per heavy atom. The number of halogens is 6. The molecule has 9 heteroatoms. The minimum absolute atomic E-state index is 0.274. The molecule has 98 valence electrons. The largest absolute Gasteiger partial charge is 0.459 e. The molecule has 0 aliphatic rings. The molecule has 0 saturated carbocycles. The van der Waals surface area contributed by atoms with Crippen molar-refractivity contribution >= 4 is 22.6 Å². The van der Waals surface area contributed by atoms with Gasteiger partial charge in [-0.1, -0.05) is 18.6 Å². The lowest BCUT2D eigenvalue weighted by Crippen LogP contribution is -2.34. The maximum absolute atomic E-state index is 13.0. The Labute approximate surface area is 108 Å². The minimum atomic E-state index is -5.65. The Kier molecular flexibility index (Phi) is 4.31. The highest BCUT2D eigenvalue weighted by molar-refractivity contribution is 14.1. The average Bonchev–Trinajstić information content (AvgIpc) is 2.55. The quantitative estimate of drug-likeness (QED) is 0.602. The van der Waals surface area contributed by atoms with Gasteiger partial charge in [-0.05, 0) is 29.0 Å². The summed E-state index contributed by atoms with van der Waals surface area (Å²) in [6, 6.07) is 0. The third-order valence-corrected chi connectivity index (χ3v) is 3.12. The van der Waals surface area contributed by atoms with Crippen LogP contribution in [0.1, 0.15) is 25.5 Å². The number of aromatic nitrogens is 3. The average molecular weight is 369 g/mol. The molecule has 0 N–H and O–H groups in total. The van der Waals surface area contributed by atoms with Crippen molar-refractivity contribution in [1.82, 2.24) is 15.0 Å². The number of aryl methyl sites for hydroxylation is 1. The zero-order chi connectivity index (χ0) is 13.3. The molecule has 0 spiro atoms. The molecule has 1 heterocycles. The first kappa shape index (κ1) is 14.6. The van der Waals surface area contributed by atoms with E-state index in [4.69, 9.17) is 0 Å². The van der Waals surface area contributed by atoms with E-state index in [-0.39, 0.29) is 10.2 Å². The summed E-state index contributed by atoms with van der Waals surface area (Å²) in [5.74, 6) is -4.96. The summed E-state index contributed by atoms with van der Waals surface area (Å²) in [6.07, 6.45) is -4.24. The molecular formula is C8H9F5IN3. The van der Waals surface area contributed by atoms with E-state index in [1.807, 2.05) is 6.92 Å². The van der Waals surface area contributed by atoms with Crippen LogP contribution >= 0.6 is 22.6 Å². The highest BCUT2D eigenvalue weighted by Gasteiger charge is 2.61. The summed E-state index contributed by atoms with van der Waals surface area (Å²) in [4.78, 5) is 0. The number of rotatable bonds is 4. The maximum Gasteiger partial charge on any atom is 0.459 e. The van der Waals surface area contributed by atoms with Crippen molar-refractivity contribution in [2.24, 2.45) is 0 Å². The highest BCUT2D eigenvalue weighted by Crippen LogP contribution is 2.44. The van der Waals surface area contributed by atoms with E-state index in [9.17, 15) is 22.0 Å². The van der Waals surface area contributed by atoms with Crippen LogP contribution in [0.15, 0.2) is 0 Å². The monoisotopic (exact) mass is 369 g/mol. The first-order valence-corrected chi connectivity index (χ1v) is 5.83. The molecule has 0 radical (unpaired) electrons. The SMILES string of the molecule is CCCCn1nnc(C(F)(F)C(F)(F)F)c1I. The lowest BCUT2D eigenvalue weighted by Gasteiger charge is -2.17. The third kappa shape index (κ3) is 2.86. The van der Waals surface area contributed by atoms with Gasteiger partial charge in [-0.15, -0.1) is 5.10 Å². The fraction of sp³-hybridized carbons (Fsp3) is 0.750. The number of unbranched alkanes of at least 4 members (excludes halogenated alkanes) is 1. The summed E-state index contributed by atoms with van der Waals surface area (Å²) in [6.45, 7) is 2.14. The summed E-state index contributed by atoms with van der Waals surface area (Å²) < 4.78 is 63.2. The van der Waals surface area contributed by atoms with Crippen LogP contribution in [0.4, 0.5) is 22.0 Å². The molecule has 17 heavy (non-hydrogen) atoms. The van der Waals surface area contributed by atoms with Gasteiger partial charge in [0, 0.05) is 6.54 Å². The Hall–Kier alpha value is -0.480. The molecule has 1 aromatic heterocycles. The molecular weight excluding hydrogens is 360 g/mol. The van der Waals surface area contributed by atoms with Gasteiger partial charge in [-0.3, -0.25) is 0 Å². The van der Waals surface area contributed by atoms with Crippen molar-refractivity contribution in [3.05, 3.63) is 9.39 Å². The van der Waals surface area contributed by atoms with Crippen LogP contribution in [0.2, 0.25) is 0 Å². The van der Waals surface area contributed by atoms with Crippen LogP contribution in [-0.2, 0) is 12.5 Å². The van der Waals surface area contributed by atoms with Crippen LogP contribution in [0.25, 0.3) is 0 Å². The summed E-state index contributed by atoms with van der Waals surface area (Å²) in [7, 11) is 0. The molecule has 0 unspecified atom stereocenters. The van der Waals surface area contributed by atoms with E-state index in [0.29, 0.717) is 6.42 Å². The Morgan fingerprint density at radius 2 is 1.82 bits per heavy atom. The van der Waals surface area contributed by atoms with E-state index < -0.39 is 17.8 Å². The van der Waals surface area contributed by atoms with Gasteiger partial charge >= 0.3 is 12.1 Å². The minimum Gasteiger partial charge on any atom is -0.239 e. The second-order valence-corrected chi connectivity index (χ2v) is 4.40. The van der Waals surface area contributed by atoms with E-state index in [2.05, 4.69) is 10.3 Å². The number of hydrogen-bond acceptors (Lipinski definition) is 2. The van der Waals surface area contributed by atoms with Crippen molar-refractivity contribution < 1.29 is 22.0 Å². The molecule has 0 saturated heterocycles. The predicted octanol–water partition coefficient (Wildman–Crippen LogP) is 3.34. The van der Waals surface area contributed by atoms with Crippen molar-refractivity contribution in [3.63, 3.8) is 0 Å². The normalized spacial score (nSPS) is 13.1. The number of hydrogen-bond donors (Lipinski definition) is 0. The van der Waals surface area contributed by atoms with Gasteiger partial charge < -0.3 is 0 Å². The molecule has 0 aliphatic carbocycles. The van der Waals surface area contributed by atoms with Crippen molar-refractivity contribution in [3.8, 4) is 0 Å². The third-order valence-electron chi connectivity index (χ3n) is 2.05. The Morgan fingerprint density at radius 1 is 1.24 bits per heavy atom. The summed E-state index contributed by atoms with van der Waals surface area (Å²) in [5, 5.41) is 6.25. The zero-order valence-corrected chi connectivity index (χ0v) is 10.9. The fourth-order valence-electron chi connectivity index (χ4n) is 1.08. The Balaban J connectivity index is 3.04. The van der Waals surface area contributed by atoms with Gasteiger partial charge in [0.1, 0.15) is 3.70 Å². The van der Waals surface area contributed by atoms with Crippen LogP contribution in [-0.4, -0.2) is 21.2 Å². The Bertz CT molecular complexity index is 387. The first-order chi connectivity index (χ1) is 7.71. The molecule has 0 aliphatic heterocycles. The van der Waals surface area contributed by atoms with Crippen molar-refractivity contribution in [2.75, 3.05) is 0 Å². The molecule has 0 amide bonds. The van der Waals surface area contributed by atoms with Crippen molar-refractivity contribution in [2.45, 2.75) is 38.4 Å². The number of nitrogens with zero attached hydrogens (tertiary/aromatic N) is 3. The van der Waals surface area contributed by atoms with Gasteiger partial charge in [0.25, 0.3) is 0 Å². The van der Waals surface area contributed by atoms with Crippen LogP contribution in [0, 0.1) is 3.70 Å². The smallest absolute Gasteiger partial charge is 0.239 e. The molecule has 0 atom stereocenters. The van der Waals surface area contributed by atoms with Crippen LogP contribution in [0.3, 0.4) is 0 Å². The lowest BCUT2D eigenvalue weighted by atomic mass is 10.2.